The molecule has 1 saturated heterocycles. The molecule has 1 aromatic heterocycles. The minimum absolute atomic E-state index is 0.325. The van der Waals surface area contributed by atoms with Crippen molar-refractivity contribution in [3.05, 3.63) is 46.6 Å². The largest absolute Gasteiger partial charge is 0.360 e. The van der Waals surface area contributed by atoms with Crippen molar-refractivity contribution in [2.45, 2.75) is 25.9 Å². The third kappa shape index (κ3) is 3.66. The van der Waals surface area contributed by atoms with Crippen LogP contribution in [0.4, 0.5) is 5.00 Å². The SMILES string of the molecule is CC1CCN(c2snc(Cl)c2C#N)CCN1Cc1ccccc1. The zero-order chi connectivity index (χ0) is 16.2. The average Bonchev–Trinajstić information content (AvgIpc) is 2.85. The zero-order valence-corrected chi connectivity index (χ0v) is 14.6. The third-order valence-electron chi connectivity index (χ3n) is 4.36. The van der Waals surface area contributed by atoms with Gasteiger partial charge in [0.25, 0.3) is 0 Å². The summed E-state index contributed by atoms with van der Waals surface area (Å²) in [7, 11) is 0. The summed E-state index contributed by atoms with van der Waals surface area (Å²) in [5.74, 6) is 0. The van der Waals surface area contributed by atoms with Crippen LogP contribution in [0.15, 0.2) is 30.3 Å². The number of aromatic nitrogens is 1. The van der Waals surface area contributed by atoms with Gasteiger partial charge in [-0.05, 0) is 30.4 Å². The monoisotopic (exact) mass is 346 g/mol. The van der Waals surface area contributed by atoms with Gasteiger partial charge in [0.15, 0.2) is 5.15 Å². The van der Waals surface area contributed by atoms with Crippen LogP contribution in [0.1, 0.15) is 24.5 Å². The molecule has 0 radical (unpaired) electrons. The Kier molecular flexibility index (Phi) is 5.16. The van der Waals surface area contributed by atoms with Gasteiger partial charge in [-0.2, -0.15) is 9.64 Å². The zero-order valence-electron chi connectivity index (χ0n) is 13.1. The Balaban J connectivity index is 1.72. The molecule has 1 atom stereocenters. The molecule has 6 heteroatoms. The van der Waals surface area contributed by atoms with Crippen LogP contribution in [0.2, 0.25) is 5.15 Å². The molecule has 23 heavy (non-hydrogen) atoms. The van der Waals surface area contributed by atoms with Gasteiger partial charge in [0.2, 0.25) is 0 Å². The highest BCUT2D eigenvalue weighted by atomic mass is 35.5. The standard InChI is InChI=1S/C17H19ClN4S/c1-13-7-8-21(17-15(11-19)16(18)20-23-17)9-10-22(13)12-14-5-3-2-4-6-14/h2-6,13H,7-10,12H2,1H3. The highest BCUT2D eigenvalue weighted by molar-refractivity contribution is 7.10. The Bertz CT molecular complexity index is 694. The molecule has 2 aromatic rings. The Morgan fingerprint density at radius 3 is 2.83 bits per heavy atom. The summed E-state index contributed by atoms with van der Waals surface area (Å²) >= 11 is 7.34. The van der Waals surface area contributed by atoms with E-state index in [1.807, 2.05) is 6.07 Å². The number of nitriles is 1. The lowest BCUT2D eigenvalue weighted by Gasteiger charge is -2.26. The molecule has 1 aromatic carbocycles. The van der Waals surface area contributed by atoms with Crippen molar-refractivity contribution < 1.29 is 0 Å². The molecule has 0 saturated carbocycles. The third-order valence-corrected chi connectivity index (χ3v) is 5.64. The Morgan fingerprint density at radius 2 is 2.09 bits per heavy atom. The number of hydrogen-bond acceptors (Lipinski definition) is 5. The summed E-state index contributed by atoms with van der Waals surface area (Å²) in [6.07, 6.45) is 1.06. The van der Waals surface area contributed by atoms with Crippen LogP contribution in [0.5, 0.6) is 0 Å². The van der Waals surface area contributed by atoms with Gasteiger partial charge < -0.3 is 4.90 Å². The van der Waals surface area contributed by atoms with E-state index in [-0.39, 0.29) is 0 Å². The number of rotatable bonds is 3. The molecule has 1 unspecified atom stereocenters. The first kappa shape index (κ1) is 16.3. The molecule has 0 spiro atoms. The van der Waals surface area contributed by atoms with E-state index in [1.54, 1.807) is 0 Å². The molecular formula is C17H19ClN4S. The van der Waals surface area contributed by atoms with Crippen molar-refractivity contribution >= 4 is 28.1 Å². The minimum Gasteiger partial charge on any atom is -0.360 e. The highest BCUT2D eigenvalue weighted by Gasteiger charge is 2.24. The topological polar surface area (TPSA) is 43.2 Å². The lowest BCUT2D eigenvalue weighted by atomic mass is 10.1. The summed E-state index contributed by atoms with van der Waals surface area (Å²) in [6.45, 7) is 6.03. The highest BCUT2D eigenvalue weighted by Crippen LogP contribution is 2.32. The summed E-state index contributed by atoms with van der Waals surface area (Å²) in [5.41, 5.74) is 1.85. The molecule has 1 aliphatic heterocycles. The fourth-order valence-electron chi connectivity index (χ4n) is 2.94. The van der Waals surface area contributed by atoms with Crippen LogP contribution in [-0.2, 0) is 6.54 Å². The van der Waals surface area contributed by atoms with Gasteiger partial charge >= 0.3 is 0 Å². The van der Waals surface area contributed by atoms with E-state index < -0.39 is 0 Å². The predicted octanol–water partition coefficient (Wildman–Crippen LogP) is 3.77. The van der Waals surface area contributed by atoms with E-state index in [0.29, 0.717) is 16.8 Å². The van der Waals surface area contributed by atoms with Gasteiger partial charge in [-0.25, -0.2) is 0 Å². The van der Waals surface area contributed by atoms with Gasteiger partial charge in [0, 0.05) is 32.2 Å². The molecule has 1 fully saturated rings. The van der Waals surface area contributed by atoms with E-state index in [9.17, 15) is 5.26 Å². The van der Waals surface area contributed by atoms with Crippen molar-refractivity contribution in [3.63, 3.8) is 0 Å². The van der Waals surface area contributed by atoms with Gasteiger partial charge in [-0.15, -0.1) is 0 Å². The first-order valence-corrected chi connectivity index (χ1v) is 8.92. The van der Waals surface area contributed by atoms with Crippen molar-refractivity contribution in [1.82, 2.24) is 9.27 Å². The Labute approximate surface area is 146 Å². The average molecular weight is 347 g/mol. The summed E-state index contributed by atoms with van der Waals surface area (Å²) in [4.78, 5) is 4.76. The van der Waals surface area contributed by atoms with Crippen molar-refractivity contribution in [2.75, 3.05) is 24.5 Å². The van der Waals surface area contributed by atoms with Crippen LogP contribution in [0.25, 0.3) is 0 Å². The molecule has 4 nitrogen and oxygen atoms in total. The second-order valence-electron chi connectivity index (χ2n) is 5.85. The number of benzene rings is 1. The van der Waals surface area contributed by atoms with E-state index >= 15 is 0 Å². The Morgan fingerprint density at radius 1 is 1.30 bits per heavy atom. The molecule has 120 valence electrons. The second kappa shape index (κ2) is 7.31. The first-order chi connectivity index (χ1) is 11.2. The van der Waals surface area contributed by atoms with Gasteiger partial charge in [-0.1, -0.05) is 41.9 Å². The fraction of sp³-hybridized carbons (Fsp3) is 0.412. The summed E-state index contributed by atoms with van der Waals surface area (Å²) in [5, 5.41) is 10.5. The van der Waals surface area contributed by atoms with Crippen LogP contribution >= 0.6 is 23.1 Å². The fourth-order valence-corrected chi connectivity index (χ4v) is 4.02. The number of nitrogens with zero attached hydrogens (tertiary/aromatic N) is 4. The maximum atomic E-state index is 9.28. The van der Waals surface area contributed by atoms with Crippen molar-refractivity contribution in [1.29, 1.82) is 5.26 Å². The maximum absolute atomic E-state index is 9.28. The van der Waals surface area contributed by atoms with Gasteiger partial charge in [0.05, 0.1) is 0 Å². The first-order valence-electron chi connectivity index (χ1n) is 7.77. The molecule has 0 bridgehead atoms. The van der Waals surface area contributed by atoms with Crippen LogP contribution in [0.3, 0.4) is 0 Å². The summed E-state index contributed by atoms with van der Waals surface area (Å²) < 4.78 is 4.13. The van der Waals surface area contributed by atoms with Crippen molar-refractivity contribution in [3.8, 4) is 6.07 Å². The van der Waals surface area contributed by atoms with Crippen LogP contribution in [-0.4, -0.2) is 34.9 Å². The smallest absolute Gasteiger partial charge is 0.162 e. The maximum Gasteiger partial charge on any atom is 0.162 e. The Hall–Kier alpha value is -1.61. The number of halogens is 1. The van der Waals surface area contributed by atoms with Crippen LogP contribution < -0.4 is 4.90 Å². The molecule has 1 aliphatic rings. The number of anilines is 1. The minimum atomic E-state index is 0.325. The summed E-state index contributed by atoms with van der Waals surface area (Å²) in [6, 6.07) is 13.3. The lowest BCUT2D eigenvalue weighted by molar-refractivity contribution is 0.212. The van der Waals surface area contributed by atoms with E-state index in [0.717, 1.165) is 37.6 Å². The van der Waals surface area contributed by atoms with Crippen molar-refractivity contribution in [2.24, 2.45) is 0 Å². The van der Waals surface area contributed by atoms with Crippen LogP contribution in [0, 0.1) is 11.3 Å². The van der Waals surface area contributed by atoms with E-state index in [2.05, 4.69) is 51.4 Å². The molecular weight excluding hydrogens is 328 g/mol. The normalized spacial score (nSPS) is 19.3. The lowest BCUT2D eigenvalue weighted by Crippen LogP contribution is -2.34. The quantitative estimate of drug-likeness (QED) is 0.848. The molecule has 0 aliphatic carbocycles. The predicted molar refractivity (Wildman–Crippen MR) is 95.0 cm³/mol. The molecule has 0 N–H and O–H groups in total. The second-order valence-corrected chi connectivity index (χ2v) is 6.96. The molecule has 3 rings (SSSR count). The molecule has 0 amide bonds. The van der Waals surface area contributed by atoms with Gasteiger partial charge in [0.1, 0.15) is 16.6 Å². The number of hydrogen-bond donors (Lipinski definition) is 0. The molecule has 2 heterocycles. The van der Waals surface area contributed by atoms with E-state index in [4.69, 9.17) is 11.6 Å². The van der Waals surface area contributed by atoms with E-state index in [1.165, 1.54) is 17.1 Å². The van der Waals surface area contributed by atoms with Gasteiger partial charge in [-0.3, -0.25) is 4.90 Å².